The number of amides is 2. The van der Waals surface area contributed by atoms with Gasteiger partial charge in [-0.25, -0.2) is 4.98 Å². The van der Waals surface area contributed by atoms with E-state index in [1.165, 1.54) is 23.1 Å². The Balaban J connectivity index is 1.82. The van der Waals surface area contributed by atoms with Crippen molar-refractivity contribution in [1.82, 2.24) is 19.8 Å². The Morgan fingerprint density at radius 3 is 2.64 bits per heavy atom. The highest BCUT2D eigenvalue weighted by molar-refractivity contribution is 5.96. The Hall–Kier alpha value is -2.84. The Bertz CT molecular complexity index is 905. The van der Waals surface area contributed by atoms with Gasteiger partial charge in [-0.1, -0.05) is 19.1 Å². The fourth-order valence-corrected chi connectivity index (χ4v) is 3.26. The molecule has 0 bridgehead atoms. The average molecular weight is 394 g/mol. The molecule has 1 N–H and O–H groups in total. The molecule has 0 atom stereocenters. The molecule has 1 aliphatic heterocycles. The van der Waals surface area contributed by atoms with Gasteiger partial charge in [-0.2, -0.15) is 13.2 Å². The number of halogens is 3. The molecule has 6 nitrogen and oxygen atoms in total. The summed E-state index contributed by atoms with van der Waals surface area (Å²) in [5, 5.41) is 2.75. The number of nitrogens with one attached hydrogen (secondary N) is 1. The van der Waals surface area contributed by atoms with Crippen LogP contribution in [-0.4, -0.2) is 32.8 Å². The average Bonchev–Trinajstić information content (AvgIpc) is 3.00. The Kier molecular flexibility index (Phi) is 5.44. The fourth-order valence-electron chi connectivity index (χ4n) is 3.26. The zero-order chi connectivity index (χ0) is 20.5. The van der Waals surface area contributed by atoms with E-state index >= 15 is 0 Å². The van der Waals surface area contributed by atoms with Gasteiger partial charge in [0.15, 0.2) is 0 Å². The maximum absolute atomic E-state index is 13.2. The van der Waals surface area contributed by atoms with Gasteiger partial charge in [0.05, 0.1) is 35.6 Å². The maximum atomic E-state index is 13.2. The second-order valence-electron chi connectivity index (χ2n) is 6.63. The summed E-state index contributed by atoms with van der Waals surface area (Å²) in [6.07, 6.45) is -3.78. The van der Waals surface area contributed by atoms with Crippen molar-refractivity contribution in [3.8, 4) is 0 Å². The third-order valence-corrected chi connectivity index (χ3v) is 4.86. The Labute approximate surface area is 160 Å². The number of rotatable bonds is 4. The number of alkyl halides is 3. The molecule has 0 radical (unpaired) electrons. The first kappa shape index (κ1) is 19.9. The lowest BCUT2D eigenvalue weighted by Gasteiger charge is -2.28. The van der Waals surface area contributed by atoms with Crippen molar-refractivity contribution in [1.29, 1.82) is 0 Å². The molecular weight excluding hydrogens is 373 g/mol. The van der Waals surface area contributed by atoms with Crippen molar-refractivity contribution in [3.05, 3.63) is 52.6 Å². The molecule has 2 heterocycles. The van der Waals surface area contributed by atoms with E-state index in [1.807, 2.05) is 0 Å². The van der Waals surface area contributed by atoms with Crippen LogP contribution in [0.3, 0.4) is 0 Å². The molecule has 0 fully saturated rings. The van der Waals surface area contributed by atoms with E-state index in [0.29, 0.717) is 18.7 Å². The summed E-state index contributed by atoms with van der Waals surface area (Å²) in [6.45, 7) is 2.48. The van der Waals surface area contributed by atoms with Gasteiger partial charge in [0, 0.05) is 26.4 Å². The molecule has 28 heavy (non-hydrogen) atoms. The predicted octanol–water partition coefficient (Wildman–Crippen LogP) is 2.66. The summed E-state index contributed by atoms with van der Waals surface area (Å²) in [4.78, 5) is 30.2. The van der Waals surface area contributed by atoms with Crippen LogP contribution in [0.4, 0.5) is 13.2 Å². The number of carbonyl (C=O) groups excluding carboxylic acids is 2. The van der Waals surface area contributed by atoms with Crippen molar-refractivity contribution < 1.29 is 22.8 Å². The molecule has 150 valence electrons. The fraction of sp³-hybridized carbons (Fsp3) is 0.421. The number of hydrogen-bond acceptors (Lipinski definition) is 3. The molecular formula is C19H21F3N4O2. The zero-order valence-electron chi connectivity index (χ0n) is 15.6. The van der Waals surface area contributed by atoms with E-state index in [4.69, 9.17) is 0 Å². The van der Waals surface area contributed by atoms with E-state index in [2.05, 4.69) is 10.3 Å². The molecule has 1 aliphatic rings. The zero-order valence-corrected chi connectivity index (χ0v) is 15.6. The normalized spacial score (nSPS) is 14.0. The highest BCUT2D eigenvalue weighted by atomic mass is 19.4. The van der Waals surface area contributed by atoms with E-state index < -0.39 is 17.6 Å². The number of fused-ring (bicyclic) bond motifs is 1. The molecule has 3 rings (SSSR count). The molecule has 0 saturated heterocycles. The lowest BCUT2D eigenvalue weighted by Crippen LogP contribution is -2.37. The predicted molar refractivity (Wildman–Crippen MR) is 95.2 cm³/mol. The smallest absolute Gasteiger partial charge is 0.349 e. The third-order valence-electron chi connectivity index (χ3n) is 4.86. The van der Waals surface area contributed by atoms with Crippen molar-refractivity contribution in [2.75, 3.05) is 6.54 Å². The van der Waals surface area contributed by atoms with Crippen molar-refractivity contribution in [2.24, 2.45) is 7.05 Å². The van der Waals surface area contributed by atoms with Gasteiger partial charge >= 0.3 is 6.18 Å². The van der Waals surface area contributed by atoms with Crippen LogP contribution < -0.4 is 5.32 Å². The summed E-state index contributed by atoms with van der Waals surface area (Å²) in [6, 6.07) is 4.82. The molecule has 1 aromatic heterocycles. The van der Waals surface area contributed by atoms with Gasteiger partial charge in [-0.3, -0.25) is 9.59 Å². The van der Waals surface area contributed by atoms with Crippen LogP contribution >= 0.6 is 0 Å². The van der Waals surface area contributed by atoms with Crippen LogP contribution in [0.1, 0.15) is 46.5 Å². The summed E-state index contributed by atoms with van der Waals surface area (Å²) < 4.78 is 41.5. The van der Waals surface area contributed by atoms with Crippen molar-refractivity contribution >= 4 is 11.8 Å². The molecule has 9 heteroatoms. The minimum atomic E-state index is -4.59. The molecule has 0 unspecified atom stereocenters. The monoisotopic (exact) mass is 394 g/mol. The van der Waals surface area contributed by atoms with Gasteiger partial charge in [0.25, 0.3) is 5.91 Å². The lowest BCUT2D eigenvalue weighted by atomic mass is 10.0. The Morgan fingerprint density at radius 2 is 1.96 bits per heavy atom. The first-order chi connectivity index (χ1) is 13.2. The van der Waals surface area contributed by atoms with Gasteiger partial charge in [-0.15, -0.1) is 0 Å². The highest BCUT2D eigenvalue weighted by Gasteiger charge is 2.36. The minimum absolute atomic E-state index is 0.0958. The van der Waals surface area contributed by atoms with E-state index in [-0.39, 0.29) is 31.1 Å². The summed E-state index contributed by atoms with van der Waals surface area (Å²) >= 11 is 0. The van der Waals surface area contributed by atoms with Gasteiger partial charge in [0.2, 0.25) is 5.91 Å². The number of benzene rings is 1. The quantitative estimate of drug-likeness (QED) is 0.867. The van der Waals surface area contributed by atoms with E-state index in [1.54, 1.807) is 18.5 Å². The van der Waals surface area contributed by atoms with E-state index in [9.17, 15) is 22.8 Å². The third kappa shape index (κ3) is 3.88. The van der Waals surface area contributed by atoms with Crippen LogP contribution in [0.2, 0.25) is 0 Å². The van der Waals surface area contributed by atoms with Gasteiger partial charge in [-0.05, 0) is 12.1 Å². The van der Waals surface area contributed by atoms with E-state index in [0.717, 1.165) is 17.5 Å². The number of hydrogen-bond donors (Lipinski definition) is 1. The second kappa shape index (κ2) is 7.65. The number of imidazole rings is 1. The highest BCUT2D eigenvalue weighted by Crippen LogP contribution is 2.33. The minimum Gasteiger partial charge on any atom is -0.349 e. The summed E-state index contributed by atoms with van der Waals surface area (Å²) in [5.41, 5.74) is 0.288. The second-order valence-corrected chi connectivity index (χ2v) is 6.63. The van der Waals surface area contributed by atoms with Crippen LogP contribution in [0.5, 0.6) is 0 Å². The first-order valence-corrected chi connectivity index (χ1v) is 8.98. The SMILES string of the molecule is CCC(=O)NCc1nc2c(n1C)CN(C(=O)c1ccccc1C(F)(F)F)CC2. The van der Waals surface area contributed by atoms with Gasteiger partial charge < -0.3 is 14.8 Å². The molecule has 0 saturated carbocycles. The molecule has 2 amide bonds. The van der Waals surface area contributed by atoms with Crippen LogP contribution in [0.15, 0.2) is 24.3 Å². The van der Waals surface area contributed by atoms with Crippen molar-refractivity contribution in [2.45, 2.75) is 39.0 Å². The first-order valence-electron chi connectivity index (χ1n) is 8.98. The summed E-state index contributed by atoms with van der Waals surface area (Å²) in [5.74, 6) is -0.0982. The lowest BCUT2D eigenvalue weighted by molar-refractivity contribution is -0.138. The number of carbonyl (C=O) groups is 2. The largest absolute Gasteiger partial charge is 0.417 e. The Morgan fingerprint density at radius 1 is 1.25 bits per heavy atom. The standard InChI is InChI=1S/C19H21F3N4O2/c1-3-17(27)23-10-16-24-14-8-9-26(11-15(14)25(16)2)18(28)12-6-4-5-7-13(12)19(20,21)22/h4-7H,3,8-11H2,1-2H3,(H,23,27). The number of nitrogens with zero attached hydrogens (tertiary/aromatic N) is 3. The van der Waals surface area contributed by atoms with Gasteiger partial charge in [0.1, 0.15) is 5.82 Å². The topological polar surface area (TPSA) is 67.2 Å². The van der Waals surface area contributed by atoms with Crippen LogP contribution in [-0.2, 0) is 37.5 Å². The molecule has 0 aliphatic carbocycles. The molecule has 1 aromatic carbocycles. The maximum Gasteiger partial charge on any atom is 0.417 e. The number of aromatic nitrogens is 2. The summed E-state index contributed by atoms with van der Waals surface area (Å²) in [7, 11) is 1.77. The molecule has 0 spiro atoms. The van der Waals surface area contributed by atoms with Crippen molar-refractivity contribution in [3.63, 3.8) is 0 Å². The van der Waals surface area contributed by atoms with Crippen LogP contribution in [0, 0.1) is 0 Å². The molecule has 2 aromatic rings. The van der Waals surface area contributed by atoms with Crippen LogP contribution in [0.25, 0.3) is 0 Å².